The number of piperidine rings is 1. The van der Waals surface area contributed by atoms with Gasteiger partial charge in [0.15, 0.2) is 0 Å². The normalized spacial score (nSPS) is 15.4. The average Bonchev–Trinajstić information content (AvgIpc) is 2.56. The van der Waals surface area contributed by atoms with Crippen LogP contribution >= 0.6 is 0 Å². The van der Waals surface area contributed by atoms with Gasteiger partial charge in [0.05, 0.1) is 13.0 Å². The molecule has 132 valence electrons. The van der Waals surface area contributed by atoms with Crippen LogP contribution in [0.25, 0.3) is 0 Å². The number of nitrogens with one attached hydrogen (secondary N) is 1. The highest BCUT2D eigenvalue weighted by atomic mass is 16.6. The molecule has 0 aliphatic carbocycles. The second-order valence-corrected chi connectivity index (χ2v) is 6.60. The maximum atomic E-state index is 12.2. The summed E-state index contributed by atoms with van der Waals surface area (Å²) in [7, 11) is 0. The zero-order valence-corrected chi connectivity index (χ0v) is 14.9. The molecule has 1 aliphatic rings. The number of hydrogen-bond donors (Lipinski definition) is 1. The molecule has 0 atom stereocenters. The first-order valence-electron chi connectivity index (χ1n) is 8.79. The minimum Gasteiger partial charge on any atom is -0.450 e. The monoisotopic (exact) mass is 332 g/mol. The molecule has 0 bridgehead atoms. The van der Waals surface area contributed by atoms with E-state index in [1.54, 1.807) is 11.8 Å². The Labute approximate surface area is 144 Å². The molecule has 0 spiro atoms. The summed E-state index contributed by atoms with van der Waals surface area (Å²) in [6.45, 7) is 7.78. The molecule has 1 aromatic rings. The van der Waals surface area contributed by atoms with Crippen LogP contribution in [0.15, 0.2) is 24.3 Å². The van der Waals surface area contributed by atoms with Crippen LogP contribution in [0.1, 0.15) is 50.7 Å². The van der Waals surface area contributed by atoms with E-state index in [2.05, 4.69) is 31.3 Å². The molecule has 1 saturated heterocycles. The van der Waals surface area contributed by atoms with Gasteiger partial charge in [-0.05, 0) is 36.8 Å². The predicted octanol–water partition coefficient (Wildman–Crippen LogP) is 3.09. The first-order valence-corrected chi connectivity index (χ1v) is 8.79. The topological polar surface area (TPSA) is 58.6 Å². The summed E-state index contributed by atoms with van der Waals surface area (Å²) in [5, 5.41) is 3.08. The van der Waals surface area contributed by atoms with Gasteiger partial charge in [0.1, 0.15) is 0 Å². The average molecular weight is 332 g/mol. The molecule has 1 aromatic carbocycles. The largest absolute Gasteiger partial charge is 0.450 e. The summed E-state index contributed by atoms with van der Waals surface area (Å²) in [6.07, 6.45) is 1.69. The molecule has 0 radical (unpaired) electrons. The number of benzene rings is 1. The zero-order valence-electron chi connectivity index (χ0n) is 14.9. The van der Waals surface area contributed by atoms with Gasteiger partial charge >= 0.3 is 6.09 Å². The molecule has 0 aromatic heterocycles. The molecule has 5 nitrogen and oxygen atoms in total. The number of ether oxygens (including phenoxy) is 1. The highest BCUT2D eigenvalue weighted by molar-refractivity contribution is 5.79. The van der Waals surface area contributed by atoms with Gasteiger partial charge in [0.2, 0.25) is 5.91 Å². The van der Waals surface area contributed by atoms with Gasteiger partial charge in [-0.2, -0.15) is 0 Å². The van der Waals surface area contributed by atoms with E-state index in [9.17, 15) is 9.59 Å². The third kappa shape index (κ3) is 5.25. The van der Waals surface area contributed by atoms with E-state index in [1.807, 2.05) is 12.1 Å². The van der Waals surface area contributed by atoms with Crippen LogP contribution in [-0.4, -0.2) is 42.6 Å². The summed E-state index contributed by atoms with van der Waals surface area (Å²) in [5.41, 5.74) is 2.31. The number of carbonyl (C=O) groups is 2. The summed E-state index contributed by atoms with van der Waals surface area (Å²) in [6, 6.07) is 8.37. The fraction of sp³-hybridized carbons (Fsp3) is 0.579. The van der Waals surface area contributed by atoms with Crippen molar-refractivity contribution in [2.75, 3.05) is 19.7 Å². The van der Waals surface area contributed by atoms with Crippen molar-refractivity contribution in [2.24, 2.45) is 0 Å². The van der Waals surface area contributed by atoms with E-state index in [0.29, 0.717) is 32.0 Å². The summed E-state index contributed by atoms with van der Waals surface area (Å²) < 4.78 is 5.00. The Morgan fingerprint density at radius 3 is 2.38 bits per heavy atom. The lowest BCUT2D eigenvalue weighted by Crippen LogP contribution is -2.47. The summed E-state index contributed by atoms with van der Waals surface area (Å²) in [4.78, 5) is 25.6. The Morgan fingerprint density at radius 1 is 1.21 bits per heavy atom. The number of hydrogen-bond acceptors (Lipinski definition) is 3. The van der Waals surface area contributed by atoms with Crippen molar-refractivity contribution in [1.82, 2.24) is 10.2 Å². The van der Waals surface area contributed by atoms with Crippen LogP contribution in [0.3, 0.4) is 0 Å². The van der Waals surface area contributed by atoms with Gasteiger partial charge in [-0.3, -0.25) is 4.79 Å². The molecule has 1 fully saturated rings. The van der Waals surface area contributed by atoms with Gasteiger partial charge in [-0.1, -0.05) is 38.1 Å². The highest BCUT2D eigenvalue weighted by Crippen LogP contribution is 2.15. The number of rotatable bonds is 5. The van der Waals surface area contributed by atoms with Gasteiger partial charge in [0, 0.05) is 19.1 Å². The van der Waals surface area contributed by atoms with Crippen LogP contribution in [0.5, 0.6) is 0 Å². The van der Waals surface area contributed by atoms with Crippen molar-refractivity contribution in [2.45, 2.75) is 52.0 Å². The smallest absolute Gasteiger partial charge is 0.409 e. The number of amides is 2. The van der Waals surface area contributed by atoms with Crippen LogP contribution in [0, 0.1) is 0 Å². The van der Waals surface area contributed by atoms with Crippen molar-refractivity contribution >= 4 is 12.0 Å². The predicted molar refractivity (Wildman–Crippen MR) is 94.0 cm³/mol. The van der Waals surface area contributed by atoms with Crippen LogP contribution in [-0.2, 0) is 16.0 Å². The SMILES string of the molecule is CCOC(=O)N1CCC(NC(=O)Cc2ccc(C(C)C)cc2)CC1. The first kappa shape index (κ1) is 18.3. The van der Waals surface area contributed by atoms with Gasteiger partial charge in [-0.15, -0.1) is 0 Å². The van der Waals surface area contributed by atoms with E-state index >= 15 is 0 Å². The van der Waals surface area contributed by atoms with E-state index < -0.39 is 0 Å². The van der Waals surface area contributed by atoms with Gasteiger partial charge in [0.25, 0.3) is 0 Å². The lowest BCUT2D eigenvalue weighted by atomic mass is 10.0. The van der Waals surface area contributed by atoms with Crippen LogP contribution in [0.4, 0.5) is 4.79 Å². The highest BCUT2D eigenvalue weighted by Gasteiger charge is 2.24. The van der Waals surface area contributed by atoms with Crippen molar-refractivity contribution in [3.05, 3.63) is 35.4 Å². The molecule has 2 amide bonds. The molecule has 1 heterocycles. The van der Waals surface area contributed by atoms with Gasteiger partial charge < -0.3 is 15.0 Å². The fourth-order valence-corrected chi connectivity index (χ4v) is 2.91. The van der Waals surface area contributed by atoms with Crippen molar-refractivity contribution in [1.29, 1.82) is 0 Å². The Kier molecular flexibility index (Phi) is 6.64. The third-order valence-electron chi connectivity index (χ3n) is 4.40. The first-order chi connectivity index (χ1) is 11.5. The zero-order chi connectivity index (χ0) is 17.5. The molecular formula is C19H28N2O3. The Hall–Kier alpha value is -2.04. The third-order valence-corrected chi connectivity index (χ3v) is 4.40. The molecule has 2 rings (SSSR count). The molecule has 1 aliphatic heterocycles. The fourth-order valence-electron chi connectivity index (χ4n) is 2.91. The summed E-state index contributed by atoms with van der Waals surface area (Å²) >= 11 is 0. The number of nitrogens with zero attached hydrogens (tertiary/aromatic N) is 1. The van der Waals surface area contributed by atoms with E-state index in [0.717, 1.165) is 18.4 Å². The Morgan fingerprint density at radius 2 is 1.83 bits per heavy atom. The van der Waals surface area contributed by atoms with Crippen molar-refractivity contribution in [3.8, 4) is 0 Å². The second kappa shape index (κ2) is 8.71. The molecule has 1 N–H and O–H groups in total. The summed E-state index contributed by atoms with van der Waals surface area (Å²) in [5.74, 6) is 0.541. The standard InChI is InChI=1S/C19H28N2O3/c1-4-24-19(23)21-11-9-17(10-12-21)20-18(22)13-15-5-7-16(8-6-15)14(2)3/h5-8,14,17H,4,9-13H2,1-3H3,(H,20,22). The molecule has 0 unspecified atom stereocenters. The lowest BCUT2D eigenvalue weighted by Gasteiger charge is -2.31. The van der Waals surface area contributed by atoms with Crippen LogP contribution < -0.4 is 5.32 Å². The number of carbonyl (C=O) groups excluding carboxylic acids is 2. The minimum atomic E-state index is -0.257. The maximum Gasteiger partial charge on any atom is 0.409 e. The molecule has 0 saturated carbocycles. The Balaban J connectivity index is 1.76. The second-order valence-electron chi connectivity index (χ2n) is 6.60. The Bertz CT molecular complexity index is 546. The van der Waals surface area contributed by atoms with E-state index in [-0.39, 0.29) is 18.0 Å². The van der Waals surface area contributed by atoms with E-state index in [4.69, 9.17) is 4.74 Å². The molecular weight excluding hydrogens is 304 g/mol. The molecule has 24 heavy (non-hydrogen) atoms. The van der Waals surface area contributed by atoms with Gasteiger partial charge in [-0.25, -0.2) is 4.79 Å². The van der Waals surface area contributed by atoms with Crippen LogP contribution in [0.2, 0.25) is 0 Å². The minimum absolute atomic E-state index is 0.0434. The van der Waals surface area contributed by atoms with Crippen molar-refractivity contribution < 1.29 is 14.3 Å². The maximum absolute atomic E-state index is 12.2. The lowest BCUT2D eigenvalue weighted by molar-refractivity contribution is -0.121. The quantitative estimate of drug-likeness (QED) is 0.901. The van der Waals surface area contributed by atoms with Crippen molar-refractivity contribution in [3.63, 3.8) is 0 Å². The number of likely N-dealkylation sites (tertiary alicyclic amines) is 1. The molecule has 5 heteroatoms. The van der Waals surface area contributed by atoms with E-state index in [1.165, 1.54) is 5.56 Å².